The molecule has 0 fully saturated rings. The zero-order valence-corrected chi connectivity index (χ0v) is 9.66. The number of carboxylic acid groups (broad SMARTS) is 1. The lowest BCUT2D eigenvalue weighted by molar-refractivity contribution is 0.0685. The van der Waals surface area contributed by atoms with E-state index >= 15 is 0 Å². The van der Waals surface area contributed by atoms with Crippen LogP contribution in [0.5, 0.6) is 0 Å². The molecule has 2 aromatic rings. The molecule has 7 nitrogen and oxygen atoms in total. The van der Waals surface area contributed by atoms with E-state index in [1.54, 1.807) is 0 Å². The average Bonchev–Trinajstić information content (AvgIpc) is 2.95. The smallest absolute Gasteiger partial charge is 0.352 e. The van der Waals surface area contributed by atoms with Gasteiger partial charge in [-0.1, -0.05) is 5.16 Å². The van der Waals surface area contributed by atoms with Crippen LogP contribution < -0.4 is 0 Å². The Hall–Kier alpha value is -2.44. The van der Waals surface area contributed by atoms with Gasteiger partial charge in [0.1, 0.15) is 5.69 Å². The van der Waals surface area contributed by atoms with Gasteiger partial charge in [-0.15, -0.1) is 0 Å². The lowest BCUT2D eigenvalue weighted by atomic mass is 10.2. The highest BCUT2D eigenvalue weighted by Crippen LogP contribution is 2.11. The minimum atomic E-state index is -1.07. The van der Waals surface area contributed by atoms with Crippen LogP contribution in [0.2, 0.25) is 0 Å². The number of hydrogen-bond donors (Lipinski definition) is 1. The molecule has 0 saturated carbocycles. The van der Waals surface area contributed by atoms with Crippen LogP contribution in [-0.2, 0) is 13.0 Å². The molecule has 0 saturated heterocycles. The molecule has 0 unspecified atom stereocenters. The fraction of sp³-hybridized carbons (Fsp3) is 0.273. The lowest BCUT2D eigenvalue weighted by Gasteiger charge is -2.03. The molecule has 0 bridgehead atoms. The standard InChI is InChI=1S/C11H11N3O4/c1-7(15)8-4-9(11(16)17)14(5-8)3-2-10-12-6-18-13-10/h4-6H,2-3H2,1H3,(H,16,17). The van der Waals surface area contributed by atoms with Gasteiger partial charge in [0, 0.05) is 24.7 Å². The first-order valence-corrected chi connectivity index (χ1v) is 5.27. The summed E-state index contributed by atoms with van der Waals surface area (Å²) in [6, 6.07) is 1.36. The summed E-state index contributed by atoms with van der Waals surface area (Å²) in [6.07, 6.45) is 3.17. The van der Waals surface area contributed by atoms with Gasteiger partial charge in [-0.3, -0.25) is 4.79 Å². The Morgan fingerprint density at radius 3 is 2.83 bits per heavy atom. The quantitative estimate of drug-likeness (QED) is 0.794. The van der Waals surface area contributed by atoms with Crippen molar-refractivity contribution in [2.75, 3.05) is 0 Å². The number of nitrogens with zero attached hydrogens (tertiary/aromatic N) is 3. The Balaban J connectivity index is 2.20. The van der Waals surface area contributed by atoms with Gasteiger partial charge in [-0.05, 0) is 13.0 Å². The molecule has 0 aliphatic heterocycles. The fourth-order valence-corrected chi connectivity index (χ4v) is 1.59. The normalized spacial score (nSPS) is 10.5. The summed E-state index contributed by atoms with van der Waals surface area (Å²) in [5.41, 5.74) is 0.448. The molecular weight excluding hydrogens is 238 g/mol. The summed E-state index contributed by atoms with van der Waals surface area (Å²) in [4.78, 5) is 26.1. The van der Waals surface area contributed by atoms with Crippen molar-refractivity contribution >= 4 is 11.8 Å². The summed E-state index contributed by atoms with van der Waals surface area (Å²) in [5.74, 6) is -0.754. The highest BCUT2D eigenvalue weighted by Gasteiger charge is 2.14. The summed E-state index contributed by atoms with van der Waals surface area (Å²) in [5, 5.41) is 12.7. The number of aromatic carboxylic acids is 1. The molecule has 0 atom stereocenters. The number of carbonyl (C=O) groups excluding carboxylic acids is 1. The second-order valence-electron chi connectivity index (χ2n) is 3.77. The molecule has 0 aromatic carbocycles. The Kier molecular flexibility index (Phi) is 3.22. The lowest BCUT2D eigenvalue weighted by Crippen LogP contribution is -2.09. The van der Waals surface area contributed by atoms with Crippen LogP contribution in [0.3, 0.4) is 0 Å². The van der Waals surface area contributed by atoms with Gasteiger partial charge in [0.2, 0.25) is 6.39 Å². The number of ketones is 1. The predicted octanol–water partition coefficient (Wildman–Crippen LogP) is 1.01. The van der Waals surface area contributed by atoms with Crippen LogP contribution in [0.1, 0.15) is 33.6 Å². The SMILES string of the molecule is CC(=O)c1cc(C(=O)O)n(CCc2ncon2)c1. The largest absolute Gasteiger partial charge is 0.477 e. The van der Waals surface area contributed by atoms with E-state index in [1.807, 2.05) is 0 Å². The number of aromatic nitrogens is 3. The molecule has 2 rings (SSSR count). The minimum absolute atomic E-state index is 0.0729. The van der Waals surface area contributed by atoms with E-state index in [2.05, 4.69) is 14.7 Å². The topological polar surface area (TPSA) is 98.2 Å². The minimum Gasteiger partial charge on any atom is -0.477 e. The van der Waals surface area contributed by atoms with Crippen LogP contribution >= 0.6 is 0 Å². The summed E-state index contributed by atoms with van der Waals surface area (Å²) < 4.78 is 6.08. The number of Topliss-reactive ketones (excluding diaryl/α,β-unsaturated/α-hetero) is 1. The molecular formula is C11H11N3O4. The van der Waals surface area contributed by atoms with Gasteiger partial charge in [0.05, 0.1) is 0 Å². The molecule has 0 radical (unpaired) electrons. The third-order valence-electron chi connectivity index (χ3n) is 2.51. The summed E-state index contributed by atoms with van der Waals surface area (Å²) in [7, 11) is 0. The number of carbonyl (C=O) groups is 2. The van der Waals surface area contributed by atoms with Crippen molar-refractivity contribution in [2.24, 2.45) is 0 Å². The van der Waals surface area contributed by atoms with Crippen LogP contribution in [-0.4, -0.2) is 31.6 Å². The van der Waals surface area contributed by atoms with E-state index in [4.69, 9.17) is 5.11 Å². The van der Waals surface area contributed by atoms with Crippen LogP contribution in [0.15, 0.2) is 23.2 Å². The Labute approximate surface area is 102 Å². The van der Waals surface area contributed by atoms with Gasteiger partial charge in [0.15, 0.2) is 11.6 Å². The van der Waals surface area contributed by atoms with Crippen LogP contribution in [0, 0.1) is 0 Å². The van der Waals surface area contributed by atoms with Crippen molar-refractivity contribution in [3.05, 3.63) is 35.7 Å². The average molecular weight is 249 g/mol. The molecule has 2 aromatic heterocycles. The zero-order chi connectivity index (χ0) is 13.1. The van der Waals surface area contributed by atoms with E-state index in [-0.39, 0.29) is 11.5 Å². The van der Waals surface area contributed by atoms with Crippen molar-refractivity contribution in [1.82, 2.24) is 14.7 Å². The maximum Gasteiger partial charge on any atom is 0.352 e. The maximum atomic E-state index is 11.2. The van der Waals surface area contributed by atoms with Crippen LogP contribution in [0.25, 0.3) is 0 Å². The monoisotopic (exact) mass is 249 g/mol. The first-order chi connectivity index (χ1) is 8.58. The second-order valence-corrected chi connectivity index (χ2v) is 3.77. The third-order valence-corrected chi connectivity index (χ3v) is 2.51. The Morgan fingerprint density at radius 2 is 2.28 bits per heavy atom. The zero-order valence-electron chi connectivity index (χ0n) is 9.66. The van der Waals surface area contributed by atoms with E-state index in [0.29, 0.717) is 24.4 Å². The van der Waals surface area contributed by atoms with E-state index < -0.39 is 5.97 Å². The van der Waals surface area contributed by atoms with E-state index in [0.717, 1.165) is 0 Å². The van der Waals surface area contributed by atoms with E-state index in [9.17, 15) is 9.59 Å². The molecule has 0 spiro atoms. The molecule has 2 heterocycles. The number of carboxylic acids is 1. The molecule has 1 N–H and O–H groups in total. The molecule has 7 heteroatoms. The Bertz CT molecular complexity index is 571. The highest BCUT2D eigenvalue weighted by atomic mass is 16.5. The van der Waals surface area contributed by atoms with Gasteiger partial charge >= 0.3 is 5.97 Å². The molecule has 18 heavy (non-hydrogen) atoms. The van der Waals surface area contributed by atoms with Crippen molar-refractivity contribution < 1.29 is 19.2 Å². The van der Waals surface area contributed by atoms with Crippen LogP contribution in [0.4, 0.5) is 0 Å². The third kappa shape index (κ3) is 2.45. The van der Waals surface area contributed by atoms with Gasteiger partial charge in [0.25, 0.3) is 0 Å². The summed E-state index contributed by atoms with van der Waals surface area (Å²) in [6.45, 7) is 1.76. The molecule has 0 aliphatic rings. The number of hydrogen-bond acceptors (Lipinski definition) is 5. The molecule has 0 amide bonds. The van der Waals surface area contributed by atoms with E-state index in [1.165, 1.54) is 30.1 Å². The first kappa shape index (κ1) is 12.0. The van der Waals surface area contributed by atoms with Crippen molar-refractivity contribution in [1.29, 1.82) is 0 Å². The van der Waals surface area contributed by atoms with Gasteiger partial charge < -0.3 is 14.2 Å². The summed E-state index contributed by atoms with van der Waals surface area (Å²) >= 11 is 0. The molecule has 0 aliphatic carbocycles. The predicted molar refractivity (Wildman–Crippen MR) is 59.4 cm³/mol. The number of rotatable bonds is 5. The van der Waals surface area contributed by atoms with Gasteiger partial charge in [-0.2, -0.15) is 4.98 Å². The number of aryl methyl sites for hydroxylation is 2. The first-order valence-electron chi connectivity index (χ1n) is 5.27. The maximum absolute atomic E-state index is 11.2. The second kappa shape index (κ2) is 4.82. The highest BCUT2D eigenvalue weighted by molar-refractivity contribution is 5.97. The van der Waals surface area contributed by atoms with Crippen molar-refractivity contribution in [3.63, 3.8) is 0 Å². The molecule has 94 valence electrons. The van der Waals surface area contributed by atoms with Gasteiger partial charge in [-0.25, -0.2) is 4.79 Å². The fourth-order valence-electron chi connectivity index (χ4n) is 1.59. The van der Waals surface area contributed by atoms with Crippen molar-refractivity contribution in [2.45, 2.75) is 19.9 Å². The van der Waals surface area contributed by atoms with Crippen molar-refractivity contribution in [3.8, 4) is 0 Å². The Morgan fingerprint density at radius 1 is 1.50 bits per heavy atom.